The van der Waals surface area contributed by atoms with Crippen LogP contribution in [0.2, 0.25) is 10.0 Å². The van der Waals surface area contributed by atoms with Crippen LogP contribution in [0, 0.1) is 0 Å². The number of carboxylic acids is 4. The van der Waals surface area contributed by atoms with E-state index in [4.69, 9.17) is 23.2 Å². The van der Waals surface area contributed by atoms with Crippen LogP contribution in [0.15, 0.2) is 36.4 Å². The molecule has 0 heterocycles. The standard InChI is InChI=1S/C24H10Cl2O8/c25-19-12-9-6-2-4-7-3-1-5-8(10(7)9)11-13(12)14(18(20(19)26)24(33)34)16(22(29)30)17(23(31)32)15(11)21(27)28/h1-6H,(H,27,28)(H,29,30)(H,31,32)(H,33,34). The highest BCUT2D eigenvalue weighted by Gasteiger charge is 2.36. The maximum atomic E-state index is 12.4. The Morgan fingerprint density at radius 1 is 0.500 bits per heavy atom. The first kappa shape index (κ1) is 21.7. The summed E-state index contributed by atoms with van der Waals surface area (Å²) in [6.07, 6.45) is 0. The van der Waals surface area contributed by atoms with Gasteiger partial charge in [-0.15, -0.1) is 0 Å². The van der Waals surface area contributed by atoms with Gasteiger partial charge in [-0.1, -0.05) is 59.6 Å². The molecule has 0 spiro atoms. The first-order valence-corrected chi connectivity index (χ1v) is 10.3. The SMILES string of the molecule is O=C(O)c1c(C(=O)O)c2c(C(=O)O)c(Cl)c(Cl)c3c4cccc5cccc(c(c1C(=O)O)c23)c54. The topological polar surface area (TPSA) is 149 Å². The van der Waals surface area contributed by atoms with E-state index in [2.05, 4.69) is 0 Å². The largest absolute Gasteiger partial charge is 0.478 e. The fourth-order valence-corrected chi connectivity index (χ4v) is 5.37. The van der Waals surface area contributed by atoms with E-state index >= 15 is 0 Å². The molecule has 0 saturated heterocycles. The Balaban J connectivity index is 2.40. The molecule has 5 aromatic rings. The van der Waals surface area contributed by atoms with Gasteiger partial charge in [0.15, 0.2) is 0 Å². The molecule has 0 saturated carbocycles. The van der Waals surface area contributed by atoms with Gasteiger partial charge in [-0.2, -0.15) is 0 Å². The summed E-state index contributed by atoms with van der Waals surface area (Å²) in [7, 11) is 0. The lowest BCUT2D eigenvalue weighted by Crippen LogP contribution is -2.18. The Kier molecular flexibility index (Phi) is 4.58. The number of carbonyl (C=O) groups is 4. The fourth-order valence-electron chi connectivity index (χ4n) is 4.81. The second-order valence-corrected chi connectivity index (χ2v) is 8.31. The van der Waals surface area contributed by atoms with Crippen LogP contribution in [0.3, 0.4) is 0 Å². The summed E-state index contributed by atoms with van der Waals surface area (Å²) in [5, 5.41) is 40.6. The van der Waals surface area contributed by atoms with Crippen molar-refractivity contribution in [3.8, 4) is 0 Å². The summed E-state index contributed by atoms with van der Waals surface area (Å²) in [5.74, 6) is -7.01. The van der Waals surface area contributed by atoms with Gasteiger partial charge < -0.3 is 20.4 Å². The predicted molar refractivity (Wildman–Crippen MR) is 126 cm³/mol. The molecule has 5 rings (SSSR count). The van der Waals surface area contributed by atoms with Crippen LogP contribution in [-0.2, 0) is 0 Å². The number of halogens is 2. The van der Waals surface area contributed by atoms with Gasteiger partial charge in [-0.05, 0) is 21.5 Å². The van der Waals surface area contributed by atoms with E-state index in [0.717, 1.165) is 0 Å². The lowest BCUT2D eigenvalue weighted by atomic mass is 9.81. The van der Waals surface area contributed by atoms with Crippen molar-refractivity contribution >= 4 is 90.2 Å². The number of hydrogen-bond donors (Lipinski definition) is 4. The molecule has 0 bridgehead atoms. The molecule has 0 aromatic heterocycles. The van der Waals surface area contributed by atoms with Crippen molar-refractivity contribution in [1.29, 1.82) is 0 Å². The average molecular weight is 497 g/mol. The lowest BCUT2D eigenvalue weighted by molar-refractivity contribution is 0.0635. The van der Waals surface area contributed by atoms with Gasteiger partial charge >= 0.3 is 23.9 Å². The molecule has 168 valence electrons. The number of hydrogen-bond acceptors (Lipinski definition) is 4. The summed E-state index contributed by atoms with van der Waals surface area (Å²) in [5.41, 5.74) is -3.55. The van der Waals surface area contributed by atoms with E-state index in [9.17, 15) is 39.6 Å². The molecular weight excluding hydrogens is 487 g/mol. The molecule has 34 heavy (non-hydrogen) atoms. The van der Waals surface area contributed by atoms with Crippen LogP contribution in [0.4, 0.5) is 0 Å². The summed E-state index contributed by atoms with van der Waals surface area (Å²) in [6, 6.07) is 10.1. The number of rotatable bonds is 4. The van der Waals surface area contributed by atoms with Crippen molar-refractivity contribution in [1.82, 2.24) is 0 Å². The molecule has 0 atom stereocenters. The van der Waals surface area contributed by atoms with E-state index < -0.39 is 56.5 Å². The zero-order valence-corrected chi connectivity index (χ0v) is 18.2. The van der Waals surface area contributed by atoms with Crippen molar-refractivity contribution in [3.63, 3.8) is 0 Å². The second-order valence-electron chi connectivity index (χ2n) is 7.56. The first-order valence-electron chi connectivity index (χ1n) is 9.58. The van der Waals surface area contributed by atoms with E-state index in [-0.39, 0.29) is 21.2 Å². The molecule has 0 aliphatic rings. The molecule has 0 aliphatic carbocycles. The molecular formula is C24H10Cl2O8. The van der Waals surface area contributed by atoms with Crippen LogP contribution < -0.4 is 0 Å². The highest BCUT2D eigenvalue weighted by molar-refractivity contribution is 6.53. The minimum atomic E-state index is -1.84. The number of carboxylic acid groups (broad SMARTS) is 4. The van der Waals surface area contributed by atoms with Crippen LogP contribution >= 0.6 is 23.2 Å². The smallest absolute Gasteiger partial charge is 0.337 e. The molecule has 5 aromatic carbocycles. The Hall–Kier alpha value is -4.14. The Morgan fingerprint density at radius 2 is 0.971 bits per heavy atom. The van der Waals surface area contributed by atoms with Gasteiger partial charge in [0, 0.05) is 21.5 Å². The maximum absolute atomic E-state index is 12.4. The lowest BCUT2D eigenvalue weighted by Gasteiger charge is -2.22. The van der Waals surface area contributed by atoms with Crippen LogP contribution in [0.25, 0.3) is 43.1 Å². The molecule has 0 aliphatic heterocycles. The third kappa shape index (κ3) is 2.60. The van der Waals surface area contributed by atoms with Gasteiger partial charge in [0.1, 0.15) is 0 Å². The second kappa shape index (κ2) is 7.18. The summed E-state index contributed by atoms with van der Waals surface area (Å²) in [6.45, 7) is 0. The fraction of sp³-hybridized carbons (Fsp3) is 0. The molecule has 10 heteroatoms. The molecule has 0 radical (unpaired) electrons. The van der Waals surface area contributed by atoms with Crippen LogP contribution in [0.1, 0.15) is 41.4 Å². The van der Waals surface area contributed by atoms with E-state index in [1.807, 2.05) is 0 Å². The van der Waals surface area contributed by atoms with E-state index in [1.165, 1.54) is 0 Å². The van der Waals surface area contributed by atoms with Crippen LogP contribution in [-0.4, -0.2) is 44.3 Å². The molecule has 0 amide bonds. The third-order valence-electron chi connectivity index (χ3n) is 5.93. The van der Waals surface area contributed by atoms with E-state index in [0.29, 0.717) is 21.5 Å². The van der Waals surface area contributed by atoms with Crippen molar-refractivity contribution in [2.45, 2.75) is 0 Å². The average Bonchev–Trinajstić information content (AvgIpc) is 2.77. The van der Waals surface area contributed by atoms with Gasteiger partial charge in [0.2, 0.25) is 0 Å². The van der Waals surface area contributed by atoms with Gasteiger partial charge in [-0.3, -0.25) is 0 Å². The summed E-state index contributed by atoms with van der Waals surface area (Å²) >= 11 is 12.9. The van der Waals surface area contributed by atoms with Crippen molar-refractivity contribution in [3.05, 3.63) is 68.7 Å². The predicted octanol–water partition coefficient (Wildman–Crippen LogP) is 5.84. The van der Waals surface area contributed by atoms with Gasteiger partial charge in [0.25, 0.3) is 0 Å². The Labute approximate surface area is 198 Å². The van der Waals surface area contributed by atoms with Gasteiger partial charge in [-0.25, -0.2) is 19.2 Å². The highest BCUT2D eigenvalue weighted by atomic mass is 35.5. The van der Waals surface area contributed by atoms with Crippen molar-refractivity contribution < 1.29 is 39.6 Å². The highest BCUT2D eigenvalue weighted by Crippen LogP contribution is 2.50. The summed E-state index contributed by atoms with van der Waals surface area (Å²) in [4.78, 5) is 49.2. The first-order chi connectivity index (χ1) is 16.1. The minimum absolute atomic E-state index is 0.0993. The van der Waals surface area contributed by atoms with E-state index in [1.54, 1.807) is 36.4 Å². The number of benzene rings is 5. The van der Waals surface area contributed by atoms with Crippen LogP contribution in [0.5, 0.6) is 0 Å². The zero-order chi connectivity index (χ0) is 24.6. The monoisotopic (exact) mass is 496 g/mol. The normalized spacial score (nSPS) is 11.6. The van der Waals surface area contributed by atoms with Gasteiger partial charge in [0.05, 0.1) is 32.3 Å². The molecule has 0 unspecified atom stereocenters. The number of aromatic carboxylic acids is 4. The van der Waals surface area contributed by atoms with Crippen molar-refractivity contribution in [2.24, 2.45) is 0 Å². The Bertz CT molecular complexity index is 1780. The zero-order valence-electron chi connectivity index (χ0n) is 16.6. The molecule has 0 fully saturated rings. The Morgan fingerprint density at radius 3 is 1.47 bits per heavy atom. The molecule has 8 nitrogen and oxygen atoms in total. The number of fused-ring (bicyclic) bond motifs is 2. The summed E-state index contributed by atoms with van der Waals surface area (Å²) < 4.78 is 0. The quantitative estimate of drug-likeness (QED) is 0.179. The third-order valence-corrected chi connectivity index (χ3v) is 6.78. The van der Waals surface area contributed by atoms with Crippen molar-refractivity contribution in [2.75, 3.05) is 0 Å². The molecule has 4 N–H and O–H groups in total. The minimum Gasteiger partial charge on any atom is -0.478 e. The maximum Gasteiger partial charge on any atom is 0.337 e.